The smallest absolute Gasteiger partial charge is 0.149 e. The van der Waals surface area contributed by atoms with Gasteiger partial charge in [0.2, 0.25) is 0 Å². The molecule has 0 spiro atoms. The zero-order chi connectivity index (χ0) is 11.8. The van der Waals surface area contributed by atoms with Crippen molar-refractivity contribution in [1.29, 1.82) is 0 Å². The van der Waals surface area contributed by atoms with Crippen LogP contribution in [0.4, 0.5) is 0 Å². The van der Waals surface area contributed by atoms with E-state index in [4.69, 9.17) is 0 Å². The molecule has 2 fully saturated rings. The summed E-state index contributed by atoms with van der Waals surface area (Å²) < 4.78 is 0. The van der Waals surface area contributed by atoms with Crippen molar-refractivity contribution < 1.29 is 4.79 Å². The lowest BCUT2D eigenvalue weighted by atomic mass is 9.90. The van der Waals surface area contributed by atoms with Gasteiger partial charge in [0.05, 0.1) is 6.04 Å². The van der Waals surface area contributed by atoms with Gasteiger partial charge in [-0.25, -0.2) is 0 Å². The maximum absolute atomic E-state index is 11.9. The first kappa shape index (κ1) is 12.1. The molecule has 0 aromatic carbocycles. The zero-order valence-corrected chi connectivity index (χ0v) is 10.8. The summed E-state index contributed by atoms with van der Waals surface area (Å²) in [6.45, 7) is 7.70. The summed E-state index contributed by atoms with van der Waals surface area (Å²) in [6, 6.07) is 0.224. The lowest BCUT2D eigenvalue weighted by molar-refractivity contribution is -0.128. The molecule has 1 atom stereocenters. The van der Waals surface area contributed by atoms with Crippen LogP contribution in [0.15, 0.2) is 0 Å². The first-order valence-electron chi connectivity index (χ1n) is 6.49. The van der Waals surface area contributed by atoms with Crippen molar-refractivity contribution in [3.05, 3.63) is 0 Å². The second kappa shape index (κ2) is 4.46. The van der Waals surface area contributed by atoms with Crippen LogP contribution in [0.2, 0.25) is 0 Å². The van der Waals surface area contributed by atoms with E-state index in [-0.39, 0.29) is 11.6 Å². The van der Waals surface area contributed by atoms with E-state index in [2.05, 4.69) is 30.7 Å². The average molecular weight is 224 g/mol. The average Bonchev–Trinajstić information content (AvgIpc) is 2.23. The summed E-state index contributed by atoms with van der Waals surface area (Å²) in [5.74, 6) is 0.478. The standard InChI is InChI=1S/C13H24N2O/c1-13(2)10-15(9-8-14(13)3)11-6-4-5-7-12(11)16/h11H,4-10H2,1-3H3. The van der Waals surface area contributed by atoms with Gasteiger partial charge in [0.1, 0.15) is 5.78 Å². The van der Waals surface area contributed by atoms with Gasteiger partial charge >= 0.3 is 0 Å². The van der Waals surface area contributed by atoms with Crippen LogP contribution in [0.5, 0.6) is 0 Å². The molecule has 2 aliphatic rings. The Morgan fingerprint density at radius 2 is 2.00 bits per heavy atom. The van der Waals surface area contributed by atoms with Gasteiger partial charge in [-0.1, -0.05) is 6.42 Å². The molecule has 3 heteroatoms. The van der Waals surface area contributed by atoms with Crippen LogP contribution in [0.3, 0.4) is 0 Å². The fourth-order valence-electron chi connectivity index (χ4n) is 2.89. The molecular formula is C13H24N2O. The number of carbonyl (C=O) groups excluding carboxylic acids is 1. The molecule has 16 heavy (non-hydrogen) atoms. The van der Waals surface area contributed by atoms with E-state index in [1.54, 1.807) is 0 Å². The van der Waals surface area contributed by atoms with E-state index >= 15 is 0 Å². The summed E-state index contributed by atoms with van der Waals surface area (Å²) in [4.78, 5) is 16.7. The first-order valence-corrected chi connectivity index (χ1v) is 6.49. The highest BCUT2D eigenvalue weighted by atomic mass is 16.1. The van der Waals surface area contributed by atoms with Crippen molar-refractivity contribution in [3.8, 4) is 0 Å². The topological polar surface area (TPSA) is 23.6 Å². The fourth-order valence-corrected chi connectivity index (χ4v) is 2.89. The number of hydrogen-bond donors (Lipinski definition) is 0. The molecule has 0 N–H and O–H groups in total. The maximum Gasteiger partial charge on any atom is 0.149 e. The molecule has 0 aromatic heterocycles. The molecule has 92 valence electrons. The van der Waals surface area contributed by atoms with E-state index in [9.17, 15) is 4.79 Å². The van der Waals surface area contributed by atoms with Crippen molar-refractivity contribution in [3.63, 3.8) is 0 Å². The lowest BCUT2D eigenvalue weighted by Crippen LogP contribution is -2.61. The van der Waals surface area contributed by atoms with E-state index in [1.165, 1.54) is 6.42 Å². The summed E-state index contributed by atoms with van der Waals surface area (Å²) in [7, 11) is 2.18. The predicted molar refractivity (Wildman–Crippen MR) is 65.5 cm³/mol. The number of hydrogen-bond acceptors (Lipinski definition) is 3. The predicted octanol–water partition coefficient (Wildman–Crippen LogP) is 1.52. The van der Waals surface area contributed by atoms with Gasteiger partial charge < -0.3 is 0 Å². The minimum absolute atomic E-state index is 0.204. The third kappa shape index (κ3) is 2.30. The van der Waals surface area contributed by atoms with Crippen LogP contribution in [0.25, 0.3) is 0 Å². The van der Waals surface area contributed by atoms with Crippen molar-refractivity contribution >= 4 is 5.78 Å². The number of rotatable bonds is 1. The molecule has 1 saturated heterocycles. The second-order valence-corrected chi connectivity index (χ2v) is 5.93. The molecule has 3 nitrogen and oxygen atoms in total. The van der Waals surface area contributed by atoms with E-state index < -0.39 is 0 Å². The Morgan fingerprint density at radius 3 is 2.62 bits per heavy atom. The Bertz CT molecular complexity index is 275. The molecule has 1 aliphatic carbocycles. The van der Waals surface area contributed by atoms with E-state index in [0.29, 0.717) is 5.78 Å². The van der Waals surface area contributed by atoms with Gasteiger partial charge in [0.25, 0.3) is 0 Å². The van der Waals surface area contributed by atoms with Crippen LogP contribution >= 0.6 is 0 Å². The molecule has 1 aliphatic heterocycles. The number of likely N-dealkylation sites (N-methyl/N-ethyl adjacent to an activating group) is 1. The van der Waals surface area contributed by atoms with Gasteiger partial charge in [-0.15, -0.1) is 0 Å². The molecule has 0 bridgehead atoms. The Morgan fingerprint density at radius 1 is 1.25 bits per heavy atom. The largest absolute Gasteiger partial charge is 0.299 e. The first-order chi connectivity index (χ1) is 7.50. The quantitative estimate of drug-likeness (QED) is 0.675. The zero-order valence-electron chi connectivity index (χ0n) is 10.8. The molecular weight excluding hydrogens is 200 g/mol. The van der Waals surface area contributed by atoms with Gasteiger partial charge in [-0.3, -0.25) is 14.6 Å². The molecule has 0 radical (unpaired) electrons. The molecule has 1 saturated carbocycles. The van der Waals surface area contributed by atoms with Gasteiger partial charge in [-0.2, -0.15) is 0 Å². The fraction of sp³-hybridized carbons (Fsp3) is 0.923. The number of ketones is 1. The van der Waals surface area contributed by atoms with Crippen LogP contribution in [-0.2, 0) is 4.79 Å². The van der Waals surface area contributed by atoms with Crippen LogP contribution < -0.4 is 0 Å². The lowest BCUT2D eigenvalue weighted by Gasteiger charge is -2.48. The summed E-state index contributed by atoms with van der Waals surface area (Å²) in [5.41, 5.74) is 0.204. The van der Waals surface area contributed by atoms with Crippen molar-refractivity contribution in [2.75, 3.05) is 26.7 Å². The minimum atomic E-state index is 0.204. The number of Topliss-reactive ketones (excluding diaryl/α,β-unsaturated/α-hetero) is 1. The summed E-state index contributed by atoms with van der Waals surface area (Å²) >= 11 is 0. The Hall–Kier alpha value is -0.410. The van der Waals surface area contributed by atoms with Crippen LogP contribution in [0, 0.1) is 0 Å². The van der Waals surface area contributed by atoms with Gasteiger partial charge in [0.15, 0.2) is 0 Å². The molecule has 1 unspecified atom stereocenters. The third-order valence-corrected chi connectivity index (χ3v) is 4.31. The van der Waals surface area contributed by atoms with Crippen LogP contribution in [0.1, 0.15) is 39.5 Å². The van der Waals surface area contributed by atoms with Gasteiger partial charge in [0, 0.05) is 31.6 Å². The Balaban J connectivity index is 2.02. The SMILES string of the molecule is CN1CCN(C2CCCCC2=O)CC1(C)C. The highest BCUT2D eigenvalue weighted by Gasteiger charge is 2.37. The third-order valence-electron chi connectivity index (χ3n) is 4.31. The second-order valence-electron chi connectivity index (χ2n) is 5.93. The van der Waals surface area contributed by atoms with E-state index in [1.807, 2.05) is 0 Å². The van der Waals surface area contributed by atoms with Crippen molar-refractivity contribution in [1.82, 2.24) is 9.80 Å². The van der Waals surface area contributed by atoms with Crippen molar-refractivity contribution in [2.24, 2.45) is 0 Å². The minimum Gasteiger partial charge on any atom is -0.299 e. The molecule has 0 amide bonds. The normalized spacial score (nSPS) is 32.9. The van der Waals surface area contributed by atoms with Gasteiger partial charge in [-0.05, 0) is 33.7 Å². The number of piperazine rings is 1. The highest BCUT2D eigenvalue weighted by Crippen LogP contribution is 2.25. The monoisotopic (exact) mass is 224 g/mol. The summed E-state index contributed by atoms with van der Waals surface area (Å²) in [5, 5.41) is 0. The molecule has 0 aromatic rings. The maximum atomic E-state index is 11.9. The Kier molecular flexibility index (Phi) is 3.36. The molecule has 1 heterocycles. The Labute approximate surface area is 98.8 Å². The van der Waals surface area contributed by atoms with E-state index in [0.717, 1.165) is 38.9 Å². The molecule has 2 rings (SSSR count). The highest BCUT2D eigenvalue weighted by molar-refractivity contribution is 5.84. The summed E-state index contributed by atoms with van der Waals surface area (Å²) in [6.07, 6.45) is 4.21. The number of nitrogens with zero attached hydrogens (tertiary/aromatic N) is 2. The van der Waals surface area contributed by atoms with Crippen molar-refractivity contribution in [2.45, 2.75) is 51.1 Å². The number of carbonyl (C=O) groups is 1. The van der Waals surface area contributed by atoms with Crippen LogP contribution in [-0.4, -0.2) is 53.8 Å².